The molecule has 0 radical (unpaired) electrons. The van der Waals surface area contributed by atoms with Gasteiger partial charge in [-0.25, -0.2) is 4.79 Å². The van der Waals surface area contributed by atoms with E-state index in [4.69, 9.17) is 37.9 Å². The van der Waals surface area contributed by atoms with E-state index in [0.29, 0.717) is 50.5 Å². The average Bonchev–Trinajstić information content (AvgIpc) is 3.65. The molecular weight excluding hydrogens is 528 g/mol. The summed E-state index contributed by atoms with van der Waals surface area (Å²) in [6.45, 7) is 0.332. The van der Waals surface area contributed by atoms with Gasteiger partial charge in [-0.05, 0) is 35.2 Å². The summed E-state index contributed by atoms with van der Waals surface area (Å²) in [5.74, 6) is 0.916. The minimum Gasteiger partial charge on any atom is -0.493 e. The van der Waals surface area contributed by atoms with Crippen molar-refractivity contribution in [3.8, 4) is 39.9 Å². The Labute approximate surface area is 227 Å². The molecule has 210 valence electrons. The van der Waals surface area contributed by atoms with E-state index in [1.165, 1.54) is 21.1 Å². The molecule has 0 unspecified atom stereocenters. The molecule has 1 saturated heterocycles. The Morgan fingerprint density at radius 3 is 2.48 bits per heavy atom. The summed E-state index contributed by atoms with van der Waals surface area (Å²) in [5.41, 5.74) is 0.00357. The van der Waals surface area contributed by atoms with Crippen molar-refractivity contribution in [2.45, 2.75) is 31.5 Å². The van der Waals surface area contributed by atoms with Gasteiger partial charge in [0.15, 0.2) is 34.7 Å². The number of benzene rings is 3. The topological polar surface area (TPSA) is 148 Å². The second kappa shape index (κ2) is 9.73. The fourth-order valence-electron chi connectivity index (χ4n) is 5.12. The van der Waals surface area contributed by atoms with Crippen molar-refractivity contribution >= 4 is 22.7 Å². The van der Waals surface area contributed by atoms with Gasteiger partial charge in [-0.3, -0.25) is 4.79 Å². The summed E-state index contributed by atoms with van der Waals surface area (Å²) in [7, 11) is 2.98. The number of hydrogen-bond acceptors (Lipinski definition) is 12. The van der Waals surface area contributed by atoms with Gasteiger partial charge in [-0.2, -0.15) is 0 Å². The smallest absolute Gasteiger partial charge is 0.339 e. The molecule has 0 aliphatic carbocycles. The highest BCUT2D eigenvalue weighted by Crippen LogP contribution is 2.49. The van der Waals surface area contributed by atoms with Gasteiger partial charge in [-0.15, -0.1) is 0 Å². The van der Waals surface area contributed by atoms with Crippen LogP contribution in [-0.4, -0.2) is 74.4 Å². The number of methoxy groups -OCH3 is 2. The highest BCUT2D eigenvalue weighted by Gasteiger charge is 2.51. The van der Waals surface area contributed by atoms with E-state index in [0.717, 1.165) is 0 Å². The van der Waals surface area contributed by atoms with Crippen LogP contribution in [0.25, 0.3) is 21.9 Å². The first kappa shape index (κ1) is 26.0. The lowest BCUT2D eigenvalue weighted by molar-refractivity contribution is -0.156. The molecule has 3 heterocycles. The van der Waals surface area contributed by atoms with Crippen LogP contribution in [-0.2, 0) is 25.6 Å². The monoisotopic (exact) mass is 554 g/mol. The number of carbonyl (C=O) groups is 2. The maximum atomic E-state index is 13.2. The van der Waals surface area contributed by atoms with Gasteiger partial charge >= 0.3 is 11.9 Å². The summed E-state index contributed by atoms with van der Waals surface area (Å²) >= 11 is 0. The Hall–Kier alpha value is -4.26. The van der Waals surface area contributed by atoms with Gasteiger partial charge in [0, 0.05) is 23.4 Å². The molecule has 3 aliphatic rings. The van der Waals surface area contributed by atoms with Crippen LogP contribution in [0.1, 0.15) is 22.8 Å². The third kappa shape index (κ3) is 4.12. The Balaban J connectivity index is 1.53. The van der Waals surface area contributed by atoms with Gasteiger partial charge < -0.3 is 48.1 Å². The summed E-state index contributed by atoms with van der Waals surface area (Å²) < 4.78 is 44.3. The molecule has 3 aromatic rings. The zero-order valence-electron chi connectivity index (χ0n) is 21.8. The zero-order valence-corrected chi connectivity index (χ0v) is 21.8. The molecule has 12 nitrogen and oxygen atoms in total. The first-order valence-corrected chi connectivity index (χ1v) is 12.4. The Morgan fingerprint density at radius 2 is 1.75 bits per heavy atom. The Kier molecular flexibility index (Phi) is 6.32. The van der Waals surface area contributed by atoms with Crippen molar-refractivity contribution in [3.05, 3.63) is 41.5 Å². The van der Waals surface area contributed by atoms with E-state index in [1.807, 2.05) is 6.07 Å². The summed E-state index contributed by atoms with van der Waals surface area (Å²) in [6, 6.07) is 8.75. The minimum atomic E-state index is -1.89. The van der Waals surface area contributed by atoms with Crippen molar-refractivity contribution in [1.29, 1.82) is 0 Å². The SMILES string of the molecule is COc1cc2c(O[C@H]3OC[C@](O)(COC(C)=O)[C@H]3O)c3c(c(-c4ccc5c(c4)OCO5)c2cc1OC)C(=O)OC3. The normalized spacial score (nSPS) is 22.7. The predicted octanol–water partition coefficient (Wildman–Crippen LogP) is 2.31. The predicted molar refractivity (Wildman–Crippen MR) is 136 cm³/mol. The summed E-state index contributed by atoms with van der Waals surface area (Å²) in [4.78, 5) is 24.4. The number of rotatable bonds is 7. The molecule has 0 saturated carbocycles. The van der Waals surface area contributed by atoms with E-state index in [-0.39, 0.29) is 31.3 Å². The number of fused-ring (bicyclic) bond motifs is 3. The number of esters is 2. The van der Waals surface area contributed by atoms with E-state index in [2.05, 4.69) is 0 Å². The molecule has 3 atom stereocenters. The van der Waals surface area contributed by atoms with Gasteiger partial charge in [0.05, 0.1) is 26.4 Å². The lowest BCUT2D eigenvalue weighted by Gasteiger charge is -2.26. The molecular formula is C28H26O12. The van der Waals surface area contributed by atoms with Crippen molar-refractivity contribution in [3.63, 3.8) is 0 Å². The van der Waals surface area contributed by atoms with E-state index < -0.39 is 36.5 Å². The fraction of sp³-hybridized carbons (Fsp3) is 0.357. The molecule has 12 heteroatoms. The minimum absolute atomic E-state index is 0.0883. The second-order valence-electron chi connectivity index (χ2n) is 9.58. The lowest BCUT2D eigenvalue weighted by atomic mass is 9.89. The molecule has 40 heavy (non-hydrogen) atoms. The highest BCUT2D eigenvalue weighted by molar-refractivity contribution is 6.14. The number of carbonyl (C=O) groups excluding carboxylic acids is 2. The molecule has 6 rings (SSSR count). The maximum Gasteiger partial charge on any atom is 0.339 e. The van der Waals surface area contributed by atoms with E-state index in [1.54, 1.807) is 24.3 Å². The zero-order chi connectivity index (χ0) is 28.2. The van der Waals surface area contributed by atoms with Crippen LogP contribution in [0.15, 0.2) is 30.3 Å². The fourth-order valence-corrected chi connectivity index (χ4v) is 5.12. The van der Waals surface area contributed by atoms with Crippen molar-refractivity contribution in [1.82, 2.24) is 0 Å². The standard InChI is InChI=1S/C28H26O12/c1-13(29)36-10-28(32)11-37-27(25(28)30)40-24-16-8-20(34-3)19(33-2)7-15(16)22(23-17(24)9-35-26(23)31)14-4-5-18-21(6-14)39-12-38-18/h4-8,25,27,30,32H,9-12H2,1-3H3/t25-,27+,28+/m0/s1. The van der Waals surface area contributed by atoms with Crippen LogP contribution in [0.5, 0.6) is 28.7 Å². The summed E-state index contributed by atoms with van der Waals surface area (Å²) in [6.07, 6.45) is -2.93. The second-order valence-corrected chi connectivity index (χ2v) is 9.58. The van der Waals surface area contributed by atoms with Crippen molar-refractivity contribution in [2.24, 2.45) is 0 Å². The van der Waals surface area contributed by atoms with Crippen LogP contribution in [0.3, 0.4) is 0 Å². The Bertz CT molecular complexity index is 1530. The number of ether oxygens (including phenoxy) is 8. The van der Waals surface area contributed by atoms with Crippen LogP contribution < -0.4 is 23.7 Å². The van der Waals surface area contributed by atoms with Crippen LogP contribution in [0.2, 0.25) is 0 Å². The average molecular weight is 555 g/mol. The molecule has 0 spiro atoms. The largest absolute Gasteiger partial charge is 0.493 e. The Morgan fingerprint density at radius 1 is 1.02 bits per heavy atom. The first-order valence-electron chi connectivity index (χ1n) is 12.4. The molecule has 2 N–H and O–H groups in total. The number of aliphatic hydroxyl groups excluding tert-OH is 1. The molecule has 1 fully saturated rings. The van der Waals surface area contributed by atoms with Crippen molar-refractivity contribution < 1.29 is 57.7 Å². The third-order valence-electron chi connectivity index (χ3n) is 7.14. The van der Waals surface area contributed by atoms with Gasteiger partial charge in [0.25, 0.3) is 0 Å². The molecule has 0 aromatic heterocycles. The van der Waals surface area contributed by atoms with E-state index >= 15 is 0 Å². The number of aliphatic hydroxyl groups is 2. The van der Waals surface area contributed by atoms with Crippen LogP contribution in [0, 0.1) is 0 Å². The van der Waals surface area contributed by atoms with Crippen molar-refractivity contribution in [2.75, 3.05) is 34.2 Å². The highest BCUT2D eigenvalue weighted by atomic mass is 16.7. The van der Waals surface area contributed by atoms with Crippen LogP contribution >= 0.6 is 0 Å². The third-order valence-corrected chi connectivity index (χ3v) is 7.14. The summed E-state index contributed by atoms with van der Waals surface area (Å²) in [5, 5.41) is 22.8. The number of hydrogen-bond donors (Lipinski definition) is 2. The van der Waals surface area contributed by atoms with Gasteiger partial charge in [0.2, 0.25) is 13.1 Å². The molecule has 3 aromatic carbocycles. The lowest BCUT2D eigenvalue weighted by Crippen LogP contribution is -2.49. The molecule has 3 aliphatic heterocycles. The van der Waals surface area contributed by atoms with Gasteiger partial charge in [-0.1, -0.05) is 6.07 Å². The number of cyclic esters (lactones) is 1. The molecule has 0 bridgehead atoms. The van der Waals surface area contributed by atoms with Gasteiger partial charge in [0.1, 0.15) is 19.0 Å². The molecule has 0 amide bonds. The van der Waals surface area contributed by atoms with E-state index in [9.17, 15) is 19.8 Å². The van der Waals surface area contributed by atoms with Crippen LogP contribution in [0.4, 0.5) is 0 Å². The maximum absolute atomic E-state index is 13.2. The quantitative estimate of drug-likeness (QED) is 0.413. The first-order chi connectivity index (χ1) is 19.2.